The predicted molar refractivity (Wildman–Crippen MR) is 68.5 cm³/mol. The van der Waals surface area contributed by atoms with Crippen LogP contribution in [-0.4, -0.2) is 34.3 Å². The number of nitro benzene ring substituents is 1. The molecule has 0 saturated carbocycles. The second-order valence-electron chi connectivity index (χ2n) is 3.69. The number of non-ortho nitro benzene ring substituents is 1. The van der Waals surface area contributed by atoms with Gasteiger partial charge in [0.2, 0.25) is 5.91 Å². The molecule has 0 saturated heterocycles. The van der Waals surface area contributed by atoms with E-state index in [0.29, 0.717) is 0 Å². The topological polar surface area (TPSA) is 92.5 Å². The SMILES string of the molecule is C[C@@H](O)CNC(=O)CSc1ccc([N+](=O)[O-])cc1. The molecule has 0 fully saturated rings. The van der Waals surface area contributed by atoms with Crippen LogP contribution in [0.1, 0.15) is 6.92 Å². The van der Waals surface area contributed by atoms with Gasteiger partial charge in [-0.3, -0.25) is 14.9 Å². The van der Waals surface area contributed by atoms with Gasteiger partial charge < -0.3 is 10.4 Å². The first-order valence-corrected chi connectivity index (χ1v) is 6.29. The van der Waals surface area contributed by atoms with Crippen LogP contribution in [-0.2, 0) is 4.79 Å². The van der Waals surface area contributed by atoms with Gasteiger partial charge in [0.05, 0.1) is 16.8 Å². The van der Waals surface area contributed by atoms with Crippen LogP contribution in [0.5, 0.6) is 0 Å². The van der Waals surface area contributed by atoms with Crippen molar-refractivity contribution in [2.45, 2.75) is 17.9 Å². The molecule has 7 heteroatoms. The van der Waals surface area contributed by atoms with E-state index >= 15 is 0 Å². The van der Waals surface area contributed by atoms with Crippen LogP contribution in [0.4, 0.5) is 5.69 Å². The lowest BCUT2D eigenvalue weighted by molar-refractivity contribution is -0.384. The third-order valence-corrected chi connectivity index (χ3v) is 3.02. The Morgan fingerprint density at radius 1 is 1.50 bits per heavy atom. The monoisotopic (exact) mass is 270 g/mol. The molecule has 98 valence electrons. The van der Waals surface area contributed by atoms with Gasteiger partial charge in [-0.15, -0.1) is 11.8 Å². The minimum Gasteiger partial charge on any atom is -0.392 e. The summed E-state index contributed by atoms with van der Waals surface area (Å²) in [6.07, 6.45) is -0.571. The molecule has 1 rings (SSSR count). The number of amides is 1. The highest BCUT2D eigenvalue weighted by Crippen LogP contribution is 2.20. The number of nitrogens with one attached hydrogen (secondary N) is 1. The standard InChI is InChI=1S/C11H14N2O4S/c1-8(14)6-12-11(15)7-18-10-4-2-9(3-5-10)13(16)17/h2-5,8,14H,6-7H2,1H3,(H,12,15)/t8-/m1/s1. The Kier molecular flexibility index (Phi) is 5.60. The number of carbonyl (C=O) groups is 1. The number of thioether (sulfide) groups is 1. The average Bonchev–Trinajstić information content (AvgIpc) is 2.34. The summed E-state index contributed by atoms with van der Waals surface area (Å²) in [5.41, 5.74) is 0.0258. The van der Waals surface area contributed by atoms with Gasteiger partial charge in [-0.25, -0.2) is 0 Å². The van der Waals surface area contributed by atoms with E-state index in [1.807, 2.05) is 0 Å². The molecule has 0 unspecified atom stereocenters. The molecule has 0 heterocycles. The number of nitro groups is 1. The molecule has 1 atom stereocenters. The molecular weight excluding hydrogens is 256 g/mol. The largest absolute Gasteiger partial charge is 0.392 e. The summed E-state index contributed by atoms with van der Waals surface area (Å²) < 4.78 is 0. The minimum atomic E-state index is -0.571. The maximum atomic E-state index is 11.3. The van der Waals surface area contributed by atoms with Crippen LogP contribution in [0, 0.1) is 10.1 Å². The van der Waals surface area contributed by atoms with Crippen molar-refractivity contribution in [3.05, 3.63) is 34.4 Å². The summed E-state index contributed by atoms with van der Waals surface area (Å²) in [5.74, 6) is 0.0316. The summed E-state index contributed by atoms with van der Waals surface area (Å²) in [6.45, 7) is 1.81. The lowest BCUT2D eigenvalue weighted by atomic mass is 10.3. The first-order valence-electron chi connectivity index (χ1n) is 5.31. The molecule has 6 nitrogen and oxygen atoms in total. The third-order valence-electron chi connectivity index (χ3n) is 2.01. The van der Waals surface area contributed by atoms with E-state index in [4.69, 9.17) is 5.11 Å². The Balaban J connectivity index is 2.39. The van der Waals surface area contributed by atoms with Crippen LogP contribution in [0.15, 0.2) is 29.2 Å². The lowest BCUT2D eigenvalue weighted by Crippen LogP contribution is -2.31. The zero-order valence-electron chi connectivity index (χ0n) is 9.83. The summed E-state index contributed by atoms with van der Waals surface area (Å²) in [4.78, 5) is 22.1. The Bertz CT molecular complexity index is 420. The van der Waals surface area contributed by atoms with Gasteiger partial charge in [-0.2, -0.15) is 0 Å². The molecule has 1 aromatic rings. The second kappa shape index (κ2) is 6.97. The molecule has 1 aromatic carbocycles. The summed E-state index contributed by atoms with van der Waals surface area (Å²) in [7, 11) is 0. The van der Waals surface area contributed by atoms with Crippen molar-refractivity contribution in [3.63, 3.8) is 0 Å². The van der Waals surface area contributed by atoms with E-state index in [1.54, 1.807) is 19.1 Å². The van der Waals surface area contributed by atoms with Gasteiger partial charge in [-0.05, 0) is 19.1 Å². The van der Waals surface area contributed by atoms with Crippen molar-refractivity contribution in [3.8, 4) is 0 Å². The molecule has 0 spiro atoms. The molecule has 18 heavy (non-hydrogen) atoms. The number of aliphatic hydroxyl groups is 1. The summed E-state index contributed by atoms with van der Waals surface area (Å²) in [5, 5.41) is 22.0. The Morgan fingerprint density at radius 3 is 2.61 bits per heavy atom. The molecule has 0 aromatic heterocycles. The van der Waals surface area contributed by atoms with Gasteiger partial charge in [0, 0.05) is 23.6 Å². The van der Waals surface area contributed by atoms with Gasteiger partial charge in [-0.1, -0.05) is 0 Å². The zero-order valence-corrected chi connectivity index (χ0v) is 10.6. The Hall–Kier alpha value is -1.60. The van der Waals surface area contributed by atoms with Crippen LogP contribution >= 0.6 is 11.8 Å². The first-order chi connectivity index (χ1) is 8.49. The van der Waals surface area contributed by atoms with Crippen molar-refractivity contribution in [2.24, 2.45) is 0 Å². The number of hydrogen-bond acceptors (Lipinski definition) is 5. The molecular formula is C11H14N2O4S. The molecule has 2 N–H and O–H groups in total. The van der Waals surface area contributed by atoms with Crippen LogP contribution < -0.4 is 5.32 Å². The number of rotatable bonds is 6. The Morgan fingerprint density at radius 2 is 2.11 bits per heavy atom. The maximum Gasteiger partial charge on any atom is 0.269 e. The number of hydrogen-bond donors (Lipinski definition) is 2. The highest BCUT2D eigenvalue weighted by molar-refractivity contribution is 8.00. The quantitative estimate of drug-likeness (QED) is 0.460. The first kappa shape index (κ1) is 14.5. The molecule has 0 bridgehead atoms. The van der Waals surface area contributed by atoms with Gasteiger partial charge in [0.1, 0.15) is 0 Å². The van der Waals surface area contributed by atoms with Crippen LogP contribution in [0.2, 0.25) is 0 Å². The van der Waals surface area contributed by atoms with E-state index in [2.05, 4.69) is 5.32 Å². The summed E-state index contributed by atoms with van der Waals surface area (Å²) in [6, 6.07) is 6.00. The molecule has 0 aliphatic rings. The smallest absolute Gasteiger partial charge is 0.269 e. The zero-order chi connectivity index (χ0) is 13.5. The fourth-order valence-electron chi connectivity index (χ4n) is 1.13. The van der Waals surface area contributed by atoms with Crippen molar-refractivity contribution < 1.29 is 14.8 Å². The van der Waals surface area contributed by atoms with E-state index in [1.165, 1.54) is 23.9 Å². The van der Waals surface area contributed by atoms with Gasteiger partial charge in [0.15, 0.2) is 0 Å². The highest BCUT2D eigenvalue weighted by Gasteiger charge is 2.06. The number of carbonyl (C=O) groups excluding carboxylic acids is 1. The van der Waals surface area contributed by atoms with Crippen LogP contribution in [0.25, 0.3) is 0 Å². The van der Waals surface area contributed by atoms with Crippen molar-refractivity contribution in [1.82, 2.24) is 5.32 Å². The second-order valence-corrected chi connectivity index (χ2v) is 4.74. The predicted octanol–water partition coefficient (Wildman–Crippen LogP) is 1.18. The van der Waals surface area contributed by atoms with Gasteiger partial charge >= 0.3 is 0 Å². The van der Waals surface area contributed by atoms with Crippen molar-refractivity contribution in [1.29, 1.82) is 0 Å². The van der Waals surface area contributed by atoms with Gasteiger partial charge in [0.25, 0.3) is 5.69 Å². The van der Waals surface area contributed by atoms with Crippen LogP contribution in [0.3, 0.4) is 0 Å². The van der Waals surface area contributed by atoms with Crippen molar-refractivity contribution >= 4 is 23.4 Å². The average molecular weight is 270 g/mol. The van der Waals surface area contributed by atoms with E-state index in [9.17, 15) is 14.9 Å². The molecule has 0 aliphatic heterocycles. The highest BCUT2D eigenvalue weighted by atomic mass is 32.2. The molecule has 1 amide bonds. The number of nitrogens with zero attached hydrogens (tertiary/aromatic N) is 1. The maximum absolute atomic E-state index is 11.3. The molecule has 0 aliphatic carbocycles. The lowest BCUT2D eigenvalue weighted by Gasteiger charge is -2.06. The van der Waals surface area contributed by atoms with Crippen molar-refractivity contribution in [2.75, 3.05) is 12.3 Å². The number of aliphatic hydroxyl groups excluding tert-OH is 1. The summed E-state index contributed by atoms with van der Waals surface area (Å²) >= 11 is 1.28. The molecule has 0 radical (unpaired) electrons. The normalized spacial score (nSPS) is 11.9. The van der Waals surface area contributed by atoms with E-state index in [0.717, 1.165) is 4.90 Å². The Labute approximate surface area is 109 Å². The number of benzene rings is 1. The minimum absolute atomic E-state index is 0.0258. The fraction of sp³-hybridized carbons (Fsp3) is 0.364. The van der Waals surface area contributed by atoms with E-state index in [-0.39, 0.29) is 23.9 Å². The fourth-order valence-corrected chi connectivity index (χ4v) is 1.85. The van der Waals surface area contributed by atoms with E-state index < -0.39 is 11.0 Å². The third kappa shape index (κ3) is 5.15.